The van der Waals surface area contributed by atoms with Crippen molar-refractivity contribution < 1.29 is 28.0 Å². The number of nitrogens with zero attached hydrogens (tertiary/aromatic N) is 5. The fourth-order valence-corrected chi connectivity index (χ4v) is 8.58. The summed E-state index contributed by atoms with van der Waals surface area (Å²) >= 11 is 6.41. The summed E-state index contributed by atoms with van der Waals surface area (Å²) in [4.78, 5) is 62.1. The Bertz CT molecular complexity index is 2510. The maximum Gasteiger partial charge on any atom is 0.265 e. The average Bonchev–Trinajstić information content (AvgIpc) is 3.28. The number of imide groups is 1. The molecule has 6 N–H and O–H groups in total. The number of hydrogen-bond acceptors (Lipinski definition) is 11. The van der Waals surface area contributed by atoms with Crippen molar-refractivity contribution in [3.8, 4) is 11.1 Å². The predicted molar refractivity (Wildman–Crippen MR) is 237 cm³/mol. The Morgan fingerprint density at radius 2 is 1.57 bits per heavy atom. The summed E-state index contributed by atoms with van der Waals surface area (Å²) in [5, 5.41) is 10.7. The van der Waals surface area contributed by atoms with E-state index >= 15 is 4.39 Å². The lowest BCUT2D eigenvalue weighted by atomic mass is 9.90. The number of primary amides is 1. The number of hydrogen-bond donors (Lipinski definition) is 5. The van der Waals surface area contributed by atoms with E-state index in [2.05, 4.69) is 41.1 Å². The second-order valence-corrected chi connectivity index (χ2v) is 16.4. The third kappa shape index (κ3) is 10.4. The number of piperazine rings is 1. The van der Waals surface area contributed by atoms with E-state index in [0.29, 0.717) is 51.0 Å². The van der Waals surface area contributed by atoms with Gasteiger partial charge in [-0.15, -0.1) is 0 Å². The van der Waals surface area contributed by atoms with Crippen LogP contribution >= 0.6 is 11.6 Å². The first-order valence-corrected chi connectivity index (χ1v) is 21.4. The molecule has 17 heteroatoms. The summed E-state index contributed by atoms with van der Waals surface area (Å²) in [6.45, 7) is 5.78. The van der Waals surface area contributed by atoms with Gasteiger partial charge >= 0.3 is 0 Å². The first-order valence-electron chi connectivity index (χ1n) is 21.0. The Morgan fingerprint density at radius 3 is 2.29 bits per heavy atom. The van der Waals surface area contributed by atoms with Gasteiger partial charge in [0, 0.05) is 90.0 Å². The van der Waals surface area contributed by atoms with Crippen molar-refractivity contribution in [2.45, 2.75) is 38.0 Å². The molecular formula is C46H47ClF2N10O4. The highest BCUT2D eigenvalue weighted by atomic mass is 35.5. The van der Waals surface area contributed by atoms with Gasteiger partial charge in [0.15, 0.2) is 11.6 Å². The molecule has 63 heavy (non-hydrogen) atoms. The fourth-order valence-electron chi connectivity index (χ4n) is 8.35. The molecule has 326 valence electrons. The number of nitrogens with one attached hydrogen (secondary N) is 4. The first-order chi connectivity index (χ1) is 30.5. The molecule has 14 nitrogen and oxygen atoms in total. The van der Waals surface area contributed by atoms with Crippen LogP contribution in [-0.2, 0) is 9.59 Å². The van der Waals surface area contributed by atoms with E-state index in [1.54, 1.807) is 66.7 Å². The molecule has 1 aromatic heterocycles. The van der Waals surface area contributed by atoms with Gasteiger partial charge in [-0.05, 0) is 104 Å². The molecule has 4 amide bonds. The molecule has 3 aliphatic heterocycles. The van der Waals surface area contributed by atoms with Crippen LogP contribution in [0.5, 0.6) is 0 Å². The second-order valence-electron chi connectivity index (χ2n) is 16.0. The molecule has 0 spiro atoms. The second kappa shape index (κ2) is 19.3. The van der Waals surface area contributed by atoms with E-state index in [4.69, 9.17) is 17.3 Å². The SMILES string of the molecule is NC(=O)c1ccc(Nc2nc(Nc3ccc(C(=O)NN4CCC(CCN5CCN(c6ccc(C7CCC(=O)NC7=O)c(F)c6)CC5)CC4)cc3)ncc2F)cc1-c1ccccc1Cl. The molecule has 4 aromatic carbocycles. The molecule has 3 fully saturated rings. The maximum atomic E-state index is 15.1. The van der Waals surface area contributed by atoms with Crippen molar-refractivity contribution in [2.24, 2.45) is 11.7 Å². The van der Waals surface area contributed by atoms with Crippen LogP contribution in [0.25, 0.3) is 11.1 Å². The van der Waals surface area contributed by atoms with Gasteiger partial charge in [-0.3, -0.25) is 34.8 Å². The highest BCUT2D eigenvalue weighted by Crippen LogP contribution is 2.34. The van der Waals surface area contributed by atoms with Crippen molar-refractivity contribution in [1.82, 2.24) is 30.6 Å². The van der Waals surface area contributed by atoms with Crippen LogP contribution in [0, 0.1) is 17.6 Å². The van der Waals surface area contributed by atoms with Gasteiger partial charge in [-0.1, -0.05) is 35.9 Å². The lowest BCUT2D eigenvalue weighted by molar-refractivity contribution is -0.134. The van der Waals surface area contributed by atoms with Gasteiger partial charge in [-0.25, -0.2) is 18.8 Å². The zero-order valence-electron chi connectivity index (χ0n) is 34.4. The molecule has 3 aliphatic rings. The largest absolute Gasteiger partial charge is 0.369 e. The molecule has 1 atom stereocenters. The Balaban J connectivity index is 0.771. The molecule has 1 unspecified atom stereocenters. The minimum atomic E-state index is -0.696. The molecule has 5 aromatic rings. The normalized spacial score (nSPS) is 17.6. The highest BCUT2D eigenvalue weighted by molar-refractivity contribution is 6.33. The van der Waals surface area contributed by atoms with Crippen LogP contribution < -0.4 is 32.0 Å². The number of amides is 4. The number of nitrogens with two attached hydrogens (primary N) is 1. The highest BCUT2D eigenvalue weighted by Gasteiger charge is 2.31. The number of carbonyl (C=O) groups excluding carboxylic acids is 4. The molecule has 0 aliphatic carbocycles. The van der Waals surface area contributed by atoms with Crippen LogP contribution in [0.15, 0.2) is 91.1 Å². The molecule has 4 heterocycles. The number of carbonyl (C=O) groups is 4. The standard InChI is InChI=1S/C46H47ClF2N10O4/c47-38-4-2-1-3-33(38)37-25-31(9-11-35(37)42(50)61)52-43-40(49)27-51-46(55-43)53-30-7-5-29(6-8-30)44(62)56-59-19-16-28(17-20-59)15-18-57-21-23-58(24-22-57)32-10-12-34(39(48)26-32)36-13-14-41(60)54-45(36)63/h1-12,25-28,36H,13-24H2,(H2,50,61)(H,56,62)(H,54,60,63)(H2,51,52,53,55). The maximum absolute atomic E-state index is 15.1. The monoisotopic (exact) mass is 876 g/mol. The number of rotatable bonds is 13. The zero-order chi connectivity index (χ0) is 44.0. The number of benzene rings is 4. The quantitative estimate of drug-likeness (QED) is 0.0791. The summed E-state index contributed by atoms with van der Waals surface area (Å²) in [7, 11) is 0. The van der Waals surface area contributed by atoms with E-state index in [1.807, 2.05) is 11.1 Å². The molecule has 0 radical (unpaired) electrons. The Kier molecular flexibility index (Phi) is 13.2. The van der Waals surface area contributed by atoms with Crippen LogP contribution in [0.3, 0.4) is 0 Å². The lowest BCUT2D eigenvalue weighted by Crippen LogP contribution is -2.48. The van der Waals surface area contributed by atoms with Crippen LogP contribution in [0.4, 0.5) is 37.6 Å². The van der Waals surface area contributed by atoms with E-state index in [0.717, 1.165) is 77.0 Å². The van der Waals surface area contributed by atoms with Gasteiger partial charge in [0.05, 0.1) is 12.1 Å². The average molecular weight is 877 g/mol. The fraction of sp³-hybridized carbons (Fsp3) is 0.304. The number of aromatic nitrogens is 2. The van der Waals surface area contributed by atoms with E-state index in [9.17, 15) is 23.6 Å². The van der Waals surface area contributed by atoms with Crippen LogP contribution in [-0.4, -0.2) is 89.3 Å². The summed E-state index contributed by atoms with van der Waals surface area (Å²) < 4.78 is 30.0. The van der Waals surface area contributed by atoms with E-state index < -0.39 is 29.4 Å². The van der Waals surface area contributed by atoms with Crippen molar-refractivity contribution in [3.63, 3.8) is 0 Å². The van der Waals surface area contributed by atoms with Crippen LogP contribution in [0.2, 0.25) is 5.02 Å². The molecule has 0 saturated carbocycles. The van der Waals surface area contributed by atoms with Crippen molar-refractivity contribution in [3.05, 3.63) is 124 Å². The van der Waals surface area contributed by atoms with Gasteiger partial charge < -0.3 is 21.3 Å². The smallest absolute Gasteiger partial charge is 0.265 e. The number of anilines is 5. The van der Waals surface area contributed by atoms with Crippen molar-refractivity contribution >= 4 is 64.1 Å². The minimum Gasteiger partial charge on any atom is -0.369 e. The Labute approximate surface area is 368 Å². The third-order valence-electron chi connectivity index (χ3n) is 11.9. The van der Waals surface area contributed by atoms with Gasteiger partial charge in [0.25, 0.3) is 5.91 Å². The first kappa shape index (κ1) is 43.2. The number of halogens is 3. The minimum absolute atomic E-state index is 0.101. The van der Waals surface area contributed by atoms with Gasteiger partial charge in [0.1, 0.15) is 5.82 Å². The topological polar surface area (TPSA) is 178 Å². The Hall–Kier alpha value is -6.49. The summed E-state index contributed by atoms with van der Waals surface area (Å²) in [5.41, 5.74) is 12.6. The van der Waals surface area contributed by atoms with Crippen molar-refractivity contribution in [1.29, 1.82) is 0 Å². The molecule has 8 rings (SSSR count). The van der Waals surface area contributed by atoms with E-state index in [-0.39, 0.29) is 35.6 Å². The number of hydrazine groups is 1. The zero-order valence-corrected chi connectivity index (χ0v) is 35.1. The number of piperidine rings is 2. The lowest BCUT2D eigenvalue weighted by Gasteiger charge is -2.38. The summed E-state index contributed by atoms with van der Waals surface area (Å²) in [5.74, 6) is -2.79. The van der Waals surface area contributed by atoms with Crippen LogP contribution in [0.1, 0.15) is 64.3 Å². The summed E-state index contributed by atoms with van der Waals surface area (Å²) in [6, 6.07) is 23.7. The molecular weight excluding hydrogens is 830 g/mol. The van der Waals surface area contributed by atoms with Gasteiger partial charge in [-0.2, -0.15) is 4.98 Å². The molecule has 3 saturated heterocycles. The van der Waals surface area contributed by atoms with E-state index in [1.165, 1.54) is 12.1 Å². The van der Waals surface area contributed by atoms with Crippen molar-refractivity contribution in [2.75, 3.05) is 61.3 Å². The Morgan fingerprint density at radius 1 is 0.825 bits per heavy atom. The van der Waals surface area contributed by atoms with Gasteiger partial charge in [0.2, 0.25) is 23.7 Å². The molecule has 0 bridgehead atoms. The third-order valence-corrected chi connectivity index (χ3v) is 12.3. The predicted octanol–water partition coefficient (Wildman–Crippen LogP) is 6.75. The summed E-state index contributed by atoms with van der Waals surface area (Å²) in [6.07, 6.45) is 4.57.